The van der Waals surface area contributed by atoms with Crippen molar-refractivity contribution in [2.45, 2.75) is 51.6 Å². The molecule has 126 valence electrons. The number of nitrogens with zero attached hydrogens (tertiary/aromatic N) is 1. The van der Waals surface area contributed by atoms with Gasteiger partial charge in [0.15, 0.2) is 0 Å². The Morgan fingerprint density at radius 2 is 2.09 bits per heavy atom. The minimum atomic E-state index is -0.00323. The molecule has 2 unspecified atom stereocenters. The summed E-state index contributed by atoms with van der Waals surface area (Å²) in [5.74, 6) is 0.674. The Labute approximate surface area is 133 Å². The van der Waals surface area contributed by atoms with Crippen molar-refractivity contribution in [1.82, 2.24) is 20.9 Å². The van der Waals surface area contributed by atoms with Crippen LogP contribution in [0.5, 0.6) is 0 Å². The molecule has 0 bridgehead atoms. The maximum Gasteiger partial charge on any atom is 0.237 e. The lowest BCUT2D eigenvalue weighted by Crippen LogP contribution is -2.47. The molecule has 0 aromatic heterocycles. The predicted octanol–water partition coefficient (Wildman–Crippen LogP) is 0.0912. The van der Waals surface area contributed by atoms with Crippen LogP contribution in [0.15, 0.2) is 0 Å². The smallest absolute Gasteiger partial charge is 0.237 e. The Morgan fingerprint density at radius 3 is 2.77 bits per heavy atom. The van der Waals surface area contributed by atoms with Crippen molar-refractivity contribution in [2.75, 3.05) is 32.7 Å². The summed E-state index contributed by atoms with van der Waals surface area (Å²) in [7, 11) is 0. The number of rotatable bonds is 6. The molecule has 6 heteroatoms. The van der Waals surface area contributed by atoms with Gasteiger partial charge in [0, 0.05) is 19.1 Å². The largest absolute Gasteiger partial charge is 0.354 e. The standard InChI is InChI=1S/C16H30N4O2/c1-12(2)19-15(21)11-20-8-4-5-13(10-20)9-18-16(22)14-6-3-7-17-14/h12-14,17H,3-11H2,1-2H3,(H,18,22)(H,19,21). The molecule has 0 spiro atoms. The number of carbonyl (C=O) groups excluding carboxylic acids is 2. The van der Waals surface area contributed by atoms with Crippen LogP contribution in [-0.4, -0.2) is 61.5 Å². The first-order chi connectivity index (χ1) is 10.5. The highest BCUT2D eigenvalue weighted by Gasteiger charge is 2.25. The van der Waals surface area contributed by atoms with Crippen LogP contribution in [0, 0.1) is 5.92 Å². The highest BCUT2D eigenvalue weighted by Crippen LogP contribution is 2.15. The van der Waals surface area contributed by atoms with Crippen molar-refractivity contribution in [1.29, 1.82) is 0 Å². The van der Waals surface area contributed by atoms with Crippen molar-refractivity contribution in [3.63, 3.8) is 0 Å². The molecule has 0 saturated carbocycles. The van der Waals surface area contributed by atoms with Crippen LogP contribution in [0.3, 0.4) is 0 Å². The number of hydrogen-bond acceptors (Lipinski definition) is 4. The van der Waals surface area contributed by atoms with Crippen molar-refractivity contribution in [2.24, 2.45) is 5.92 Å². The molecule has 2 aliphatic rings. The summed E-state index contributed by atoms with van der Waals surface area (Å²) in [4.78, 5) is 26.1. The van der Waals surface area contributed by atoms with Crippen LogP contribution in [-0.2, 0) is 9.59 Å². The summed E-state index contributed by atoms with van der Waals surface area (Å²) < 4.78 is 0. The number of hydrogen-bond donors (Lipinski definition) is 3. The van der Waals surface area contributed by atoms with Crippen molar-refractivity contribution >= 4 is 11.8 Å². The molecule has 2 rings (SSSR count). The summed E-state index contributed by atoms with van der Waals surface area (Å²) >= 11 is 0. The van der Waals surface area contributed by atoms with E-state index in [0.717, 1.165) is 51.9 Å². The lowest BCUT2D eigenvalue weighted by Gasteiger charge is -2.32. The molecule has 0 radical (unpaired) electrons. The highest BCUT2D eigenvalue weighted by atomic mass is 16.2. The molecule has 3 N–H and O–H groups in total. The second kappa shape index (κ2) is 8.48. The van der Waals surface area contributed by atoms with Gasteiger partial charge in [0.2, 0.25) is 11.8 Å². The molecule has 2 amide bonds. The van der Waals surface area contributed by atoms with E-state index in [9.17, 15) is 9.59 Å². The molecule has 6 nitrogen and oxygen atoms in total. The zero-order valence-electron chi connectivity index (χ0n) is 13.9. The fraction of sp³-hybridized carbons (Fsp3) is 0.875. The van der Waals surface area contributed by atoms with Gasteiger partial charge in [0.1, 0.15) is 0 Å². The summed E-state index contributed by atoms with van der Waals surface area (Å²) in [6, 6.07) is 0.183. The second-order valence-corrected chi connectivity index (χ2v) is 6.86. The molecule has 0 aromatic rings. The maximum atomic E-state index is 12.0. The number of piperidine rings is 1. The number of amides is 2. The lowest BCUT2D eigenvalue weighted by atomic mass is 9.98. The van der Waals surface area contributed by atoms with Crippen LogP contribution in [0.4, 0.5) is 0 Å². The van der Waals surface area contributed by atoms with Gasteiger partial charge in [-0.25, -0.2) is 0 Å². The van der Waals surface area contributed by atoms with Crippen molar-refractivity contribution < 1.29 is 9.59 Å². The zero-order valence-corrected chi connectivity index (χ0v) is 13.9. The Bertz CT molecular complexity index is 380. The van der Waals surface area contributed by atoms with Crippen molar-refractivity contribution in [3.05, 3.63) is 0 Å². The summed E-state index contributed by atoms with van der Waals surface area (Å²) in [6.07, 6.45) is 4.25. The normalized spacial score (nSPS) is 26.1. The van der Waals surface area contributed by atoms with Crippen LogP contribution >= 0.6 is 0 Å². The Balaban J connectivity index is 1.68. The Hall–Kier alpha value is -1.14. The molecule has 2 aliphatic heterocycles. The first kappa shape index (κ1) is 17.2. The minimum Gasteiger partial charge on any atom is -0.354 e. The third-order valence-electron chi connectivity index (χ3n) is 4.36. The van der Waals surface area contributed by atoms with E-state index >= 15 is 0 Å². The average molecular weight is 310 g/mol. The molecule has 2 heterocycles. The molecule has 2 fully saturated rings. The topological polar surface area (TPSA) is 73.5 Å². The quantitative estimate of drug-likeness (QED) is 0.650. The molecule has 0 aliphatic carbocycles. The van der Waals surface area contributed by atoms with E-state index in [1.54, 1.807) is 0 Å². The Kier molecular flexibility index (Phi) is 6.64. The third-order valence-corrected chi connectivity index (χ3v) is 4.36. The molecular weight excluding hydrogens is 280 g/mol. The van der Waals surface area contributed by atoms with Crippen LogP contribution in [0.1, 0.15) is 39.5 Å². The second-order valence-electron chi connectivity index (χ2n) is 6.86. The highest BCUT2D eigenvalue weighted by molar-refractivity contribution is 5.82. The summed E-state index contributed by atoms with van der Waals surface area (Å²) in [5, 5.41) is 9.23. The molecule has 0 aromatic carbocycles. The monoisotopic (exact) mass is 310 g/mol. The average Bonchev–Trinajstić information content (AvgIpc) is 2.98. The van der Waals surface area contributed by atoms with Gasteiger partial charge in [-0.15, -0.1) is 0 Å². The fourth-order valence-electron chi connectivity index (χ4n) is 3.31. The third kappa shape index (κ3) is 5.57. The molecular formula is C16H30N4O2. The van der Waals surface area contributed by atoms with Crippen LogP contribution in [0.25, 0.3) is 0 Å². The number of carbonyl (C=O) groups is 2. The van der Waals surface area contributed by atoms with E-state index < -0.39 is 0 Å². The van der Waals surface area contributed by atoms with Gasteiger partial charge in [-0.3, -0.25) is 14.5 Å². The fourth-order valence-corrected chi connectivity index (χ4v) is 3.31. The first-order valence-electron chi connectivity index (χ1n) is 8.57. The molecule has 22 heavy (non-hydrogen) atoms. The molecule has 2 atom stereocenters. The van der Waals surface area contributed by atoms with Gasteiger partial charge in [0.05, 0.1) is 12.6 Å². The van der Waals surface area contributed by atoms with E-state index in [1.807, 2.05) is 13.8 Å². The Morgan fingerprint density at radius 1 is 1.27 bits per heavy atom. The molecule has 2 saturated heterocycles. The van der Waals surface area contributed by atoms with Gasteiger partial charge in [0.25, 0.3) is 0 Å². The van der Waals surface area contributed by atoms with E-state index in [-0.39, 0.29) is 23.9 Å². The van der Waals surface area contributed by atoms with E-state index in [1.165, 1.54) is 0 Å². The van der Waals surface area contributed by atoms with Gasteiger partial charge in [-0.05, 0) is 58.5 Å². The first-order valence-corrected chi connectivity index (χ1v) is 8.57. The van der Waals surface area contributed by atoms with Gasteiger partial charge in [-0.2, -0.15) is 0 Å². The SMILES string of the molecule is CC(C)NC(=O)CN1CCCC(CNC(=O)C2CCCN2)C1. The minimum absolute atomic E-state index is 0.00323. The van der Waals surface area contributed by atoms with E-state index in [2.05, 4.69) is 20.9 Å². The zero-order chi connectivity index (χ0) is 15.9. The lowest BCUT2D eigenvalue weighted by molar-refractivity contribution is -0.124. The maximum absolute atomic E-state index is 12.0. The summed E-state index contributed by atoms with van der Waals surface area (Å²) in [5.41, 5.74) is 0. The predicted molar refractivity (Wildman–Crippen MR) is 86.5 cm³/mol. The number of likely N-dealkylation sites (tertiary alicyclic amines) is 1. The van der Waals surface area contributed by atoms with Crippen LogP contribution in [0.2, 0.25) is 0 Å². The van der Waals surface area contributed by atoms with E-state index in [0.29, 0.717) is 12.5 Å². The summed E-state index contributed by atoms with van der Waals surface area (Å²) in [6.45, 7) is 7.95. The van der Waals surface area contributed by atoms with Crippen molar-refractivity contribution in [3.8, 4) is 0 Å². The van der Waals surface area contributed by atoms with Crippen LogP contribution < -0.4 is 16.0 Å². The van der Waals surface area contributed by atoms with Gasteiger partial charge >= 0.3 is 0 Å². The van der Waals surface area contributed by atoms with Gasteiger partial charge in [-0.1, -0.05) is 0 Å². The number of nitrogens with one attached hydrogen (secondary N) is 3. The van der Waals surface area contributed by atoms with Gasteiger partial charge < -0.3 is 16.0 Å². The van der Waals surface area contributed by atoms with E-state index in [4.69, 9.17) is 0 Å².